The number of ether oxygens (including phenoxy) is 1. The number of carbonyl (C=O) groups is 1. The monoisotopic (exact) mass is 262 g/mol. The molecule has 18 heavy (non-hydrogen) atoms. The van der Waals surface area contributed by atoms with Gasteiger partial charge in [0.1, 0.15) is 10.6 Å². The Morgan fingerprint density at radius 1 is 1.39 bits per heavy atom. The number of hydrogen-bond acceptors (Lipinski definition) is 5. The quantitative estimate of drug-likeness (QED) is 0.777. The number of hydrogen-bond donors (Lipinski definition) is 0. The van der Waals surface area contributed by atoms with Crippen LogP contribution in [-0.2, 0) is 6.42 Å². The molecule has 2 rings (SSSR count). The summed E-state index contributed by atoms with van der Waals surface area (Å²) in [6, 6.07) is 7.74. The minimum atomic E-state index is 0.0911. The number of carbonyl (C=O) groups excluding carboxylic acids is 1. The number of para-hydroxylation sites is 1. The van der Waals surface area contributed by atoms with Crippen LogP contribution in [0.15, 0.2) is 24.3 Å². The first-order valence-corrected chi connectivity index (χ1v) is 6.43. The average molecular weight is 262 g/mol. The normalized spacial score (nSPS) is 10.3. The molecular weight excluding hydrogens is 248 g/mol. The first-order valence-electron chi connectivity index (χ1n) is 5.66. The maximum Gasteiger partial charge on any atom is 0.176 e. The van der Waals surface area contributed by atoms with Gasteiger partial charge in [-0.05, 0) is 36.5 Å². The largest absolute Gasteiger partial charge is 0.496 e. The summed E-state index contributed by atoms with van der Waals surface area (Å²) in [7, 11) is 1.64. The second kappa shape index (κ2) is 5.73. The Bertz CT molecular complexity index is 551. The average Bonchev–Trinajstić information content (AvgIpc) is 2.82. The molecule has 0 atom stereocenters. The predicted molar refractivity (Wildman–Crippen MR) is 70.3 cm³/mol. The van der Waals surface area contributed by atoms with Crippen molar-refractivity contribution in [2.75, 3.05) is 7.11 Å². The van der Waals surface area contributed by atoms with Crippen LogP contribution in [-0.4, -0.2) is 22.5 Å². The van der Waals surface area contributed by atoms with Crippen molar-refractivity contribution in [3.63, 3.8) is 0 Å². The topological polar surface area (TPSA) is 52.1 Å². The molecule has 1 aromatic carbocycles. The van der Waals surface area contributed by atoms with Gasteiger partial charge in [-0.15, -0.1) is 5.10 Å². The van der Waals surface area contributed by atoms with E-state index in [1.807, 2.05) is 24.3 Å². The molecule has 0 N–H and O–H groups in total. The molecule has 1 heterocycles. The van der Waals surface area contributed by atoms with Gasteiger partial charge >= 0.3 is 0 Å². The molecule has 4 nitrogen and oxygen atoms in total. The van der Waals surface area contributed by atoms with E-state index in [0.29, 0.717) is 23.4 Å². The van der Waals surface area contributed by atoms with Crippen molar-refractivity contribution in [1.29, 1.82) is 0 Å². The summed E-state index contributed by atoms with van der Waals surface area (Å²) in [5.74, 6) is 0.915. The molecule has 0 radical (unpaired) electrons. The third-order valence-electron chi connectivity index (χ3n) is 2.72. The molecule has 0 unspecified atom stereocenters. The second-order valence-electron chi connectivity index (χ2n) is 3.92. The van der Waals surface area contributed by atoms with Crippen LogP contribution in [0, 0.1) is 6.92 Å². The number of Topliss-reactive ketones (excluding diaryl/α,β-unsaturated/α-hetero) is 1. The first-order chi connectivity index (χ1) is 8.72. The van der Waals surface area contributed by atoms with Crippen molar-refractivity contribution in [2.24, 2.45) is 0 Å². The Morgan fingerprint density at radius 2 is 2.17 bits per heavy atom. The highest BCUT2D eigenvalue weighted by Gasteiger charge is 2.13. The number of rotatable bonds is 5. The summed E-state index contributed by atoms with van der Waals surface area (Å²) in [4.78, 5) is 12.6. The third-order valence-corrected chi connectivity index (χ3v) is 3.59. The molecule has 0 aliphatic heterocycles. The predicted octanol–water partition coefficient (Wildman–Crippen LogP) is 2.67. The summed E-state index contributed by atoms with van der Waals surface area (Å²) in [6.07, 6.45) is 1.12. The number of nitrogens with zero attached hydrogens (tertiary/aromatic N) is 2. The highest BCUT2D eigenvalue weighted by molar-refractivity contribution is 7.08. The standard InChI is InChI=1S/C13H14N2O2S/c1-9-13(18-15-14-9)11(16)8-7-10-5-3-4-6-12(10)17-2/h3-6H,7-8H2,1-2H3. The van der Waals surface area contributed by atoms with E-state index >= 15 is 0 Å². The van der Waals surface area contributed by atoms with E-state index in [1.54, 1.807) is 14.0 Å². The maximum atomic E-state index is 12.0. The van der Waals surface area contributed by atoms with E-state index in [4.69, 9.17) is 4.74 Å². The van der Waals surface area contributed by atoms with E-state index < -0.39 is 0 Å². The first kappa shape index (κ1) is 12.7. The van der Waals surface area contributed by atoms with Crippen LogP contribution in [0.1, 0.15) is 27.3 Å². The van der Waals surface area contributed by atoms with Crippen molar-refractivity contribution < 1.29 is 9.53 Å². The lowest BCUT2D eigenvalue weighted by Crippen LogP contribution is -2.02. The molecule has 0 aliphatic carbocycles. The van der Waals surface area contributed by atoms with Crippen molar-refractivity contribution in [2.45, 2.75) is 19.8 Å². The van der Waals surface area contributed by atoms with Crippen molar-refractivity contribution >= 4 is 17.3 Å². The van der Waals surface area contributed by atoms with E-state index in [0.717, 1.165) is 22.8 Å². The van der Waals surface area contributed by atoms with Gasteiger partial charge in [-0.25, -0.2) is 0 Å². The number of aromatic nitrogens is 2. The molecule has 5 heteroatoms. The van der Waals surface area contributed by atoms with Gasteiger partial charge in [0.25, 0.3) is 0 Å². The zero-order valence-electron chi connectivity index (χ0n) is 10.3. The lowest BCUT2D eigenvalue weighted by Gasteiger charge is -2.06. The lowest BCUT2D eigenvalue weighted by molar-refractivity contribution is 0.0986. The van der Waals surface area contributed by atoms with Crippen molar-refractivity contribution in [3.8, 4) is 5.75 Å². The van der Waals surface area contributed by atoms with Gasteiger partial charge in [0, 0.05) is 6.42 Å². The van der Waals surface area contributed by atoms with Crippen LogP contribution in [0.25, 0.3) is 0 Å². The zero-order valence-corrected chi connectivity index (χ0v) is 11.2. The lowest BCUT2D eigenvalue weighted by atomic mass is 10.1. The minimum Gasteiger partial charge on any atom is -0.496 e. The fraction of sp³-hybridized carbons (Fsp3) is 0.308. The van der Waals surface area contributed by atoms with E-state index in [2.05, 4.69) is 9.59 Å². The minimum absolute atomic E-state index is 0.0911. The maximum absolute atomic E-state index is 12.0. The Morgan fingerprint density at radius 3 is 2.83 bits per heavy atom. The fourth-order valence-corrected chi connectivity index (χ4v) is 2.38. The van der Waals surface area contributed by atoms with Gasteiger partial charge in [-0.2, -0.15) is 0 Å². The number of methoxy groups -OCH3 is 1. The number of aryl methyl sites for hydroxylation is 2. The highest BCUT2D eigenvalue weighted by atomic mass is 32.1. The summed E-state index contributed by atoms with van der Waals surface area (Å²) in [5.41, 5.74) is 1.76. The van der Waals surface area contributed by atoms with E-state index in [-0.39, 0.29) is 5.78 Å². The van der Waals surface area contributed by atoms with Crippen LogP contribution in [0.2, 0.25) is 0 Å². The van der Waals surface area contributed by atoms with Crippen LogP contribution in [0.3, 0.4) is 0 Å². The number of ketones is 1. The summed E-state index contributed by atoms with van der Waals surface area (Å²) < 4.78 is 9.04. The Balaban J connectivity index is 2.04. The second-order valence-corrected chi connectivity index (χ2v) is 4.68. The van der Waals surface area contributed by atoms with Crippen LogP contribution >= 0.6 is 11.5 Å². The Labute approximate surface area is 110 Å². The van der Waals surface area contributed by atoms with Gasteiger partial charge in [0.05, 0.1) is 12.8 Å². The summed E-state index contributed by atoms with van der Waals surface area (Å²) in [6.45, 7) is 1.81. The number of benzene rings is 1. The molecule has 94 valence electrons. The molecule has 0 fully saturated rings. The molecule has 0 bridgehead atoms. The molecule has 0 saturated heterocycles. The molecule has 0 spiro atoms. The zero-order chi connectivity index (χ0) is 13.0. The molecule has 0 amide bonds. The molecule has 1 aromatic heterocycles. The van der Waals surface area contributed by atoms with Crippen molar-refractivity contribution in [3.05, 3.63) is 40.4 Å². The van der Waals surface area contributed by atoms with Crippen LogP contribution in [0.4, 0.5) is 0 Å². The SMILES string of the molecule is COc1ccccc1CCC(=O)c1snnc1C. The van der Waals surface area contributed by atoms with E-state index in [1.165, 1.54) is 0 Å². The fourth-order valence-electron chi connectivity index (χ4n) is 1.76. The van der Waals surface area contributed by atoms with Gasteiger partial charge in [-0.3, -0.25) is 4.79 Å². The highest BCUT2D eigenvalue weighted by Crippen LogP contribution is 2.20. The third kappa shape index (κ3) is 2.73. The van der Waals surface area contributed by atoms with Gasteiger partial charge in [0.15, 0.2) is 5.78 Å². The van der Waals surface area contributed by atoms with Crippen LogP contribution in [0.5, 0.6) is 5.75 Å². The Kier molecular flexibility index (Phi) is 4.04. The molecular formula is C13H14N2O2S. The van der Waals surface area contributed by atoms with Crippen LogP contribution < -0.4 is 4.74 Å². The molecule has 2 aromatic rings. The van der Waals surface area contributed by atoms with Gasteiger partial charge in [0.2, 0.25) is 0 Å². The van der Waals surface area contributed by atoms with Gasteiger partial charge < -0.3 is 4.74 Å². The molecule has 0 aliphatic rings. The van der Waals surface area contributed by atoms with E-state index in [9.17, 15) is 4.79 Å². The van der Waals surface area contributed by atoms with Crippen molar-refractivity contribution in [1.82, 2.24) is 9.59 Å². The smallest absolute Gasteiger partial charge is 0.176 e. The summed E-state index contributed by atoms with van der Waals surface area (Å²) >= 11 is 1.16. The van der Waals surface area contributed by atoms with Gasteiger partial charge in [-0.1, -0.05) is 22.7 Å². The Hall–Kier alpha value is -1.75. The molecule has 0 saturated carbocycles. The summed E-state index contributed by atoms with van der Waals surface area (Å²) in [5, 5.41) is 3.85.